The summed E-state index contributed by atoms with van der Waals surface area (Å²) in [5, 5.41) is 3.50. The van der Waals surface area contributed by atoms with Crippen molar-refractivity contribution in [3.8, 4) is 0 Å². The number of rotatable bonds is 2. The van der Waals surface area contributed by atoms with Gasteiger partial charge in [-0.05, 0) is 44.7 Å². The molecule has 0 radical (unpaired) electrons. The van der Waals surface area contributed by atoms with E-state index in [2.05, 4.69) is 15.1 Å². The Morgan fingerprint density at radius 3 is 2.50 bits per heavy atom. The van der Waals surface area contributed by atoms with Gasteiger partial charge in [0.1, 0.15) is 0 Å². The molecule has 2 unspecified atom stereocenters. The number of fused-ring (bicyclic) bond motifs is 1. The van der Waals surface area contributed by atoms with Crippen LogP contribution in [0.1, 0.15) is 44.9 Å². The maximum atomic E-state index is 12.6. The maximum Gasteiger partial charge on any atom is 0.236 e. The van der Waals surface area contributed by atoms with Gasteiger partial charge in [-0.1, -0.05) is 19.3 Å². The Hall–Kier alpha value is -0.610. The van der Waals surface area contributed by atoms with Crippen LogP contribution in [0.4, 0.5) is 0 Å². The number of likely N-dealkylation sites (tertiary alicyclic amines) is 2. The molecule has 2 atom stereocenters. The number of piperidine rings is 1. The van der Waals surface area contributed by atoms with E-state index in [0.717, 1.165) is 38.6 Å². The molecule has 3 heterocycles. The molecule has 4 nitrogen and oxygen atoms in total. The summed E-state index contributed by atoms with van der Waals surface area (Å²) >= 11 is 0. The summed E-state index contributed by atoms with van der Waals surface area (Å²) < 4.78 is 0. The second-order valence-electron chi connectivity index (χ2n) is 6.75. The van der Waals surface area contributed by atoms with E-state index in [-0.39, 0.29) is 0 Å². The van der Waals surface area contributed by atoms with Gasteiger partial charge in [0.25, 0.3) is 0 Å². The van der Waals surface area contributed by atoms with Gasteiger partial charge in [-0.15, -0.1) is 0 Å². The quantitative estimate of drug-likeness (QED) is 0.831. The van der Waals surface area contributed by atoms with E-state index in [4.69, 9.17) is 0 Å². The fourth-order valence-electron chi connectivity index (χ4n) is 4.13. The SMILES string of the molecule is O=C(CN1CCCC2CNCC21)N1CCCCCCC1. The van der Waals surface area contributed by atoms with Gasteiger partial charge >= 0.3 is 0 Å². The lowest BCUT2D eigenvalue weighted by Crippen LogP contribution is -2.50. The highest BCUT2D eigenvalue weighted by Crippen LogP contribution is 2.26. The predicted octanol–water partition coefficient (Wildman–Crippen LogP) is 1.46. The molecular weight excluding hydrogens is 250 g/mol. The fraction of sp³-hybridized carbons (Fsp3) is 0.938. The molecule has 0 bridgehead atoms. The zero-order chi connectivity index (χ0) is 13.8. The third-order valence-electron chi connectivity index (χ3n) is 5.34. The highest BCUT2D eigenvalue weighted by Gasteiger charge is 2.36. The Kier molecular flexibility index (Phi) is 4.94. The van der Waals surface area contributed by atoms with Gasteiger partial charge < -0.3 is 10.2 Å². The van der Waals surface area contributed by atoms with Gasteiger partial charge in [0.15, 0.2) is 0 Å². The minimum Gasteiger partial charge on any atom is -0.342 e. The Bertz CT molecular complexity index is 326. The Balaban J connectivity index is 1.54. The van der Waals surface area contributed by atoms with Gasteiger partial charge in [0.2, 0.25) is 5.91 Å². The zero-order valence-corrected chi connectivity index (χ0v) is 12.6. The Morgan fingerprint density at radius 2 is 1.70 bits per heavy atom. The predicted molar refractivity (Wildman–Crippen MR) is 80.6 cm³/mol. The minimum atomic E-state index is 0.374. The molecule has 3 aliphatic rings. The zero-order valence-electron chi connectivity index (χ0n) is 12.6. The van der Waals surface area contributed by atoms with Crippen LogP contribution < -0.4 is 5.32 Å². The second kappa shape index (κ2) is 6.90. The average molecular weight is 279 g/mol. The lowest BCUT2D eigenvalue weighted by atomic mass is 9.92. The number of hydrogen-bond acceptors (Lipinski definition) is 3. The van der Waals surface area contributed by atoms with Crippen molar-refractivity contribution < 1.29 is 4.79 Å². The van der Waals surface area contributed by atoms with Crippen LogP contribution in [-0.2, 0) is 4.79 Å². The standard InChI is InChI=1S/C16H29N3O/c20-16(18-8-4-2-1-3-5-9-18)13-19-10-6-7-14-11-17-12-15(14)19/h14-15,17H,1-13H2. The Labute approximate surface area is 122 Å². The molecular formula is C16H29N3O. The molecule has 0 spiro atoms. The number of carbonyl (C=O) groups excluding carboxylic acids is 1. The summed E-state index contributed by atoms with van der Waals surface area (Å²) in [5.74, 6) is 1.16. The number of nitrogens with zero attached hydrogens (tertiary/aromatic N) is 2. The van der Waals surface area contributed by atoms with Crippen LogP contribution in [0.2, 0.25) is 0 Å². The molecule has 3 fully saturated rings. The van der Waals surface area contributed by atoms with Crippen molar-refractivity contribution in [3.05, 3.63) is 0 Å². The average Bonchev–Trinajstić information content (AvgIpc) is 2.87. The summed E-state index contributed by atoms with van der Waals surface area (Å²) in [6.45, 7) is 5.97. The van der Waals surface area contributed by atoms with Gasteiger partial charge in [0.05, 0.1) is 6.54 Å². The number of carbonyl (C=O) groups is 1. The van der Waals surface area contributed by atoms with Crippen LogP contribution in [0.5, 0.6) is 0 Å². The van der Waals surface area contributed by atoms with E-state index in [1.54, 1.807) is 0 Å². The summed E-state index contributed by atoms with van der Waals surface area (Å²) in [7, 11) is 0. The molecule has 20 heavy (non-hydrogen) atoms. The van der Waals surface area contributed by atoms with Crippen molar-refractivity contribution in [1.82, 2.24) is 15.1 Å². The number of hydrogen-bond donors (Lipinski definition) is 1. The summed E-state index contributed by atoms with van der Waals surface area (Å²) in [4.78, 5) is 17.2. The van der Waals surface area contributed by atoms with Gasteiger partial charge in [-0.25, -0.2) is 0 Å². The van der Waals surface area contributed by atoms with Crippen LogP contribution in [0, 0.1) is 5.92 Å². The smallest absolute Gasteiger partial charge is 0.236 e. The van der Waals surface area contributed by atoms with E-state index in [1.807, 2.05) is 0 Å². The first-order chi connectivity index (χ1) is 9.84. The van der Waals surface area contributed by atoms with Crippen molar-refractivity contribution in [3.63, 3.8) is 0 Å². The number of amides is 1. The normalized spacial score (nSPS) is 32.5. The number of nitrogens with one attached hydrogen (secondary N) is 1. The Morgan fingerprint density at radius 1 is 0.950 bits per heavy atom. The largest absolute Gasteiger partial charge is 0.342 e. The monoisotopic (exact) mass is 279 g/mol. The van der Waals surface area contributed by atoms with Gasteiger partial charge in [-0.3, -0.25) is 9.69 Å². The topological polar surface area (TPSA) is 35.6 Å². The molecule has 1 amide bonds. The third-order valence-corrected chi connectivity index (χ3v) is 5.34. The van der Waals surface area contributed by atoms with Crippen LogP contribution >= 0.6 is 0 Å². The molecule has 0 aromatic heterocycles. The van der Waals surface area contributed by atoms with Crippen LogP contribution in [0.3, 0.4) is 0 Å². The van der Waals surface area contributed by atoms with E-state index >= 15 is 0 Å². The molecule has 0 aromatic carbocycles. The third kappa shape index (κ3) is 3.34. The second-order valence-corrected chi connectivity index (χ2v) is 6.75. The molecule has 0 saturated carbocycles. The first kappa shape index (κ1) is 14.3. The van der Waals surface area contributed by atoms with E-state index < -0.39 is 0 Å². The molecule has 3 aliphatic heterocycles. The lowest BCUT2D eigenvalue weighted by molar-refractivity contribution is -0.133. The molecule has 3 rings (SSSR count). The molecule has 4 heteroatoms. The molecule has 114 valence electrons. The van der Waals surface area contributed by atoms with Crippen molar-refractivity contribution in [1.29, 1.82) is 0 Å². The van der Waals surface area contributed by atoms with Crippen LogP contribution in [0.15, 0.2) is 0 Å². The highest BCUT2D eigenvalue weighted by atomic mass is 16.2. The van der Waals surface area contributed by atoms with Crippen molar-refractivity contribution >= 4 is 5.91 Å². The van der Waals surface area contributed by atoms with Crippen molar-refractivity contribution in [2.24, 2.45) is 5.92 Å². The van der Waals surface area contributed by atoms with Crippen LogP contribution in [0.25, 0.3) is 0 Å². The molecule has 0 aliphatic carbocycles. The van der Waals surface area contributed by atoms with E-state index in [1.165, 1.54) is 44.9 Å². The van der Waals surface area contributed by atoms with Crippen molar-refractivity contribution in [2.45, 2.75) is 51.0 Å². The first-order valence-corrected chi connectivity index (χ1v) is 8.57. The molecule has 0 aromatic rings. The van der Waals surface area contributed by atoms with Crippen LogP contribution in [-0.4, -0.2) is 61.0 Å². The van der Waals surface area contributed by atoms with E-state index in [0.29, 0.717) is 18.5 Å². The van der Waals surface area contributed by atoms with Gasteiger partial charge in [-0.2, -0.15) is 0 Å². The summed E-state index contributed by atoms with van der Waals surface area (Å²) in [6, 6.07) is 0.613. The first-order valence-electron chi connectivity index (χ1n) is 8.57. The summed E-state index contributed by atoms with van der Waals surface area (Å²) in [5.41, 5.74) is 0. The fourth-order valence-corrected chi connectivity index (χ4v) is 4.13. The molecule has 1 N–H and O–H groups in total. The van der Waals surface area contributed by atoms with Gasteiger partial charge in [0, 0.05) is 25.7 Å². The summed E-state index contributed by atoms with van der Waals surface area (Å²) in [6.07, 6.45) is 8.93. The minimum absolute atomic E-state index is 0.374. The highest BCUT2D eigenvalue weighted by molar-refractivity contribution is 5.78. The lowest BCUT2D eigenvalue weighted by Gasteiger charge is -2.37. The maximum absolute atomic E-state index is 12.6. The van der Waals surface area contributed by atoms with Crippen molar-refractivity contribution in [2.75, 3.05) is 39.3 Å². The molecule has 3 saturated heterocycles. The van der Waals surface area contributed by atoms with E-state index in [9.17, 15) is 4.79 Å².